The lowest BCUT2D eigenvalue weighted by Crippen LogP contribution is -2.33. The van der Waals surface area contributed by atoms with E-state index >= 15 is 0 Å². The average molecular weight is 279 g/mol. The normalized spacial score (nSPS) is 12.7. The van der Waals surface area contributed by atoms with Crippen molar-refractivity contribution in [2.75, 3.05) is 26.4 Å². The van der Waals surface area contributed by atoms with Gasteiger partial charge in [0.1, 0.15) is 13.2 Å². The maximum absolute atomic E-state index is 11.3. The Balaban J connectivity index is 1.82. The molecule has 0 spiro atoms. The number of ether oxygens (including phenoxy) is 3. The summed E-state index contributed by atoms with van der Waals surface area (Å²) >= 11 is 0. The molecule has 0 saturated heterocycles. The first kappa shape index (κ1) is 14.2. The minimum atomic E-state index is -0.852. The molecular formula is C14H17NO5. The van der Waals surface area contributed by atoms with Crippen LogP contribution in [0.25, 0.3) is 0 Å². The van der Waals surface area contributed by atoms with Gasteiger partial charge < -0.3 is 19.5 Å². The van der Waals surface area contributed by atoms with Gasteiger partial charge in [0, 0.05) is 6.54 Å². The van der Waals surface area contributed by atoms with E-state index in [1.807, 2.05) is 18.2 Å². The summed E-state index contributed by atoms with van der Waals surface area (Å²) in [7, 11) is 0. The van der Waals surface area contributed by atoms with Gasteiger partial charge in [-0.1, -0.05) is 6.07 Å². The van der Waals surface area contributed by atoms with Crippen molar-refractivity contribution in [2.45, 2.75) is 13.3 Å². The number of hydrogen-bond acceptors (Lipinski definition) is 5. The number of carbonyl (C=O) groups excluding carboxylic acids is 2. The van der Waals surface area contributed by atoms with Crippen LogP contribution < -0.4 is 14.8 Å². The summed E-state index contributed by atoms with van der Waals surface area (Å²) in [6.07, 6.45) is 0.599. The number of carbonyl (C=O) groups is 2. The number of amides is 1. The Kier molecular flexibility index (Phi) is 4.81. The molecule has 1 heterocycles. The molecule has 1 aromatic rings. The van der Waals surface area contributed by atoms with Crippen LogP contribution >= 0.6 is 0 Å². The van der Waals surface area contributed by atoms with Gasteiger partial charge in [-0.2, -0.15) is 0 Å². The largest absolute Gasteiger partial charge is 0.486 e. The molecule has 20 heavy (non-hydrogen) atoms. The second-order valence-electron chi connectivity index (χ2n) is 4.20. The molecule has 2 rings (SSSR count). The summed E-state index contributed by atoms with van der Waals surface area (Å²) in [5.41, 5.74) is 0.999. The van der Waals surface area contributed by atoms with Crippen molar-refractivity contribution in [3.63, 3.8) is 0 Å². The van der Waals surface area contributed by atoms with Crippen molar-refractivity contribution >= 4 is 11.9 Å². The Hall–Kier alpha value is -2.24. The third kappa shape index (κ3) is 3.63. The highest BCUT2D eigenvalue weighted by molar-refractivity contribution is 6.32. The van der Waals surface area contributed by atoms with E-state index < -0.39 is 11.9 Å². The summed E-state index contributed by atoms with van der Waals surface area (Å²) in [4.78, 5) is 22.4. The lowest BCUT2D eigenvalue weighted by molar-refractivity contribution is -0.154. The molecule has 0 bridgehead atoms. The van der Waals surface area contributed by atoms with Gasteiger partial charge in [-0.15, -0.1) is 0 Å². The van der Waals surface area contributed by atoms with Crippen molar-refractivity contribution in [3.05, 3.63) is 23.8 Å². The van der Waals surface area contributed by atoms with E-state index in [9.17, 15) is 9.59 Å². The number of benzene rings is 1. The third-order valence-corrected chi connectivity index (χ3v) is 2.77. The summed E-state index contributed by atoms with van der Waals surface area (Å²) in [6, 6.07) is 5.63. The molecule has 108 valence electrons. The highest BCUT2D eigenvalue weighted by Gasteiger charge is 2.14. The fourth-order valence-electron chi connectivity index (χ4n) is 1.83. The van der Waals surface area contributed by atoms with Crippen LogP contribution in [0.15, 0.2) is 18.2 Å². The van der Waals surface area contributed by atoms with Crippen LogP contribution in [-0.4, -0.2) is 38.2 Å². The Morgan fingerprint density at radius 3 is 2.75 bits per heavy atom. The van der Waals surface area contributed by atoms with Crippen LogP contribution in [0.3, 0.4) is 0 Å². The summed E-state index contributed by atoms with van der Waals surface area (Å²) in [6.45, 7) is 3.30. The monoisotopic (exact) mass is 279 g/mol. The first-order chi connectivity index (χ1) is 9.70. The lowest BCUT2D eigenvalue weighted by Gasteiger charge is -2.18. The second-order valence-corrected chi connectivity index (χ2v) is 4.20. The molecule has 1 N–H and O–H groups in total. The first-order valence-corrected chi connectivity index (χ1v) is 6.54. The molecule has 0 aromatic heterocycles. The quantitative estimate of drug-likeness (QED) is 0.648. The Bertz CT molecular complexity index is 500. The highest BCUT2D eigenvalue weighted by Crippen LogP contribution is 2.30. The number of hydrogen-bond donors (Lipinski definition) is 1. The topological polar surface area (TPSA) is 73.9 Å². The third-order valence-electron chi connectivity index (χ3n) is 2.77. The molecule has 0 unspecified atom stereocenters. The van der Waals surface area contributed by atoms with Gasteiger partial charge in [0.2, 0.25) is 0 Å². The Morgan fingerprint density at radius 1 is 1.25 bits per heavy atom. The maximum atomic E-state index is 11.3. The number of fused-ring (bicyclic) bond motifs is 1. The Morgan fingerprint density at radius 2 is 2.00 bits per heavy atom. The fraction of sp³-hybridized carbons (Fsp3) is 0.429. The summed E-state index contributed by atoms with van der Waals surface area (Å²) < 4.78 is 15.5. The molecule has 1 aliphatic rings. The van der Waals surface area contributed by atoms with E-state index in [2.05, 4.69) is 10.1 Å². The zero-order chi connectivity index (χ0) is 14.4. The molecule has 0 atom stereocenters. The van der Waals surface area contributed by atoms with E-state index in [1.165, 1.54) is 0 Å². The maximum Gasteiger partial charge on any atom is 0.396 e. The standard InChI is InChI=1S/C14H17NO5/c1-2-18-14(17)13(16)15-6-5-10-3-4-11-12(9-10)20-8-7-19-11/h3-4,9H,2,5-8H2,1H3,(H,15,16). The Labute approximate surface area is 117 Å². The predicted octanol–water partition coefficient (Wildman–Crippen LogP) is 0.680. The van der Waals surface area contributed by atoms with Gasteiger partial charge in [0.15, 0.2) is 11.5 Å². The van der Waals surface area contributed by atoms with Crippen molar-refractivity contribution in [1.82, 2.24) is 5.32 Å². The minimum Gasteiger partial charge on any atom is -0.486 e. The molecule has 0 radical (unpaired) electrons. The van der Waals surface area contributed by atoms with Gasteiger partial charge in [-0.3, -0.25) is 4.79 Å². The molecule has 6 nitrogen and oxygen atoms in total. The van der Waals surface area contributed by atoms with E-state index in [0.29, 0.717) is 31.9 Å². The van der Waals surface area contributed by atoms with Crippen LogP contribution in [0, 0.1) is 0 Å². The van der Waals surface area contributed by atoms with E-state index in [0.717, 1.165) is 11.3 Å². The number of nitrogens with one attached hydrogen (secondary N) is 1. The molecule has 1 aliphatic heterocycles. The van der Waals surface area contributed by atoms with Gasteiger partial charge in [0.25, 0.3) is 0 Å². The fourth-order valence-corrected chi connectivity index (χ4v) is 1.83. The predicted molar refractivity (Wildman–Crippen MR) is 70.8 cm³/mol. The minimum absolute atomic E-state index is 0.189. The van der Waals surface area contributed by atoms with Crippen LogP contribution in [0.1, 0.15) is 12.5 Å². The number of rotatable bonds is 4. The second kappa shape index (κ2) is 6.79. The zero-order valence-electron chi connectivity index (χ0n) is 11.3. The summed E-state index contributed by atoms with van der Waals surface area (Å²) in [5, 5.41) is 2.51. The van der Waals surface area contributed by atoms with Crippen molar-refractivity contribution < 1.29 is 23.8 Å². The van der Waals surface area contributed by atoms with Crippen molar-refractivity contribution in [2.24, 2.45) is 0 Å². The zero-order valence-corrected chi connectivity index (χ0v) is 11.3. The van der Waals surface area contributed by atoms with Crippen LogP contribution in [0.5, 0.6) is 11.5 Å². The van der Waals surface area contributed by atoms with E-state index in [1.54, 1.807) is 6.92 Å². The molecular weight excluding hydrogens is 262 g/mol. The molecule has 1 aromatic carbocycles. The van der Waals surface area contributed by atoms with Crippen LogP contribution in [0.4, 0.5) is 0 Å². The SMILES string of the molecule is CCOC(=O)C(=O)NCCc1ccc2c(c1)OCCO2. The molecule has 6 heteroatoms. The molecule has 0 fully saturated rings. The molecule has 0 saturated carbocycles. The first-order valence-electron chi connectivity index (χ1n) is 6.54. The van der Waals surface area contributed by atoms with Crippen LogP contribution in [0.2, 0.25) is 0 Å². The molecule has 0 aliphatic carbocycles. The smallest absolute Gasteiger partial charge is 0.396 e. The molecule has 1 amide bonds. The van der Waals surface area contributed by atoms with Gasteiger partial charge >= 0.3 is 11.9 Å². The van der Waals surface area contributed by atoms with Crippen molar-refractivity contribution in [3.8, 4) is 11.5 Å². The summed E-state index contributed by atoms with van der Waals surface area (Å²) in [5.74, 6) is -0.125. The highest BCUT2D eigenvalue weighted by atomic mass is 16.6. The van der Waals surface area contributed by atoms with Gasteiger partial charge in [-0.05, 0) is 31.0 Å². The lowest BCUT2D eigenvalue weighted by atomic mass is 10.1. The van der Waals surface area contributed by atoms with E-state index in [-0.39, 0.29) is 6.61 Å². The van der Waals surface area contributed by atoms with E-state index in [4.69, 9.17) is 9.47 Å². The average Bonchev–Trinajstić information content (AvgIpc) is 2.47. The van der Waals surface area contributed by atoms with Crippen molar-refractivity contribution in [1.29, 1.82) is 0 Å². The van der Waals surface area contributed by atoms with Crippen LogP contribution in [-0.2, 0) is 20.7 Å². The van der Waals surface area contributed by atoms with Gasteiger partial charge in [0.05, 0.1) is 6.61 Å². The van der Waals surface area contributed by atoms with Gasteiger partial charge in [-0.25, -0.2) is 4.79 Å². The number of esters is 1.